The highest BCUT2D eigenvalue weighted by atomic mass is 35.5. The van der Waals surface area contributed by atoms with E-state index in [1.165, 1.54) is 47.2 Å². The standard InChI is InChI=1S/C25H20Cl2F3N3O2/c1-32(24(35)22-18(27)3-2-4-19(22)28)20-8-6-14(12-21(20)33-10-9-25(29,30)13-33)16-11-15(23(31)34)5-7-17(16)26/h2-8,11-12H,9-10,13H2,1H3,(H2,31,34). The third kappa shape index (κ3) is 4.94. The van der Waals surface area contributed by atoms with Crippen molar-refractivity contribution in [2.75, 3.05) is 29.9 Å². The zero-order chi connectivity index (χ0) is 25.5. The molecule has 0 atom stereocenters. The van der Waals surface area contributed by atoms with Gasteiger partial charge in [0, 0.05) is 36.2 Å². The summed E-state index contributed by atoms with van der Waals surface area (Å²) in [4.78, 5) is 27.4. The molecular formula is C25H20Cl2F3N3O2. The fraction of sp³-hybridized carbons (Fsp3) is 0.200. The van der Waals surface area contributed by atoms with Crippen molar-refractivity contribution >= 4 is 46.4 Å². The summed E-state index contributed by atoms with van der Waals surface area (Å²) in [5.41, 5.74) is 6.88. The van der Waals surface area contributed by atoms with E-state index in [1.807, 2.05) is 0 Å². The van der Waals surface area contributed by atoms with Crippen LogP contribution in [0.4, 0.5) is 24.5 Å². The molecule has 2 N–H and O–H groups in total. The van der Waals surface area contributed by atoms with Crippen molar-refractivity contribution in [2.24, 2.45) is 5.73 Å². The number of halogens is 5. The number of nitrogens with zero attached hydrogens (tertiary/aromatic N) is 2. The van der Waals surface area contributed by atoms with E-state index in [0.29, 0.717) is 21.8 Å². The summed E-state index contributed by atoms with van der Waals surface area (Å²) in [6, 6.07) is 13.2. The molecule has 10 heteroatoms. The Balaban J connectivity index is 1.83. The van der Waals surface area contributed by atoms with E-state index in [2.05, 4.69) is 0 Å². The number of anilines is 2. The first kappa shape index (κ1) is 24.9. The average molecular weight is 522 g/mol. The molecule has 182 valence electrons. The van der Waals surface area contributed by atoms with Crippen LogP contribution in [-0.2, 0) is 0 Å². The van der Waals surface area contributed by atoms with Gasteiger partial charge >= 0.3 is 0 Å². The third-order valence-electron chi connectivity index (χ3n) is 5.89. The minimum Gasteiger partial charge on any atom is -0.366 e. The average Bonchev–Trinajstić information content (AvgIpc) is 3.17. The quantitative estimate of drug-likeness (QED) is 0.446. The summed E-state index contributed by atoms with van der Waals surface area (Å²) in [6.45, 7) is -0.512. The van der Waals surface area contributed by atoms with Crippen LogP contribution in [0.1, 0.15) is 27.1 Å². The predicted octanol–water partition coefficient (Wildman–Crippen LogP) is 6.02. The van der Waals surface area contributed by atoms with Gasteiger partial charge in [0.1, 0.15) is 5.82 Å². The van der Waals surface area contributed by atoms with E-state index in [-0.39, 0.29) is 34.8 Å². The Bertz CT molecular complexity index is 1310. The molecule has 3 aromatic rings. The number of amides is 2. The second-order valence-electron chi connectivity index (χ2n) is 8.25. The van der Waals surface area contributed by atoms with Crippen LogP contribution in [0.3, 0.4) is 0 Å². The van der Waals surface area contributed by atoms with Crippen LogP contribution in [0.5, 0.6) is 0 Å². The maximum atomic E-state index is 14.4. The topological polar surface area (TPSA) is 66.6 Å². The van der Waals surface area contributed by atoms with Crippen molar-refractivity contribution < 1.29 is 22.8 Å². The fourth-order valence-electron chi connectivity index (χ4n) is 4.05. The zero-order valence-electron chi connectivity index (χ0n) is 18.5. The van der Waals surface area contributed by atoms with Gasteiger partial charge in [-0.15, -0.1) is 0 Å². The summed E-state index contributed by atoms with van der Waals surface area (Å²) in [5.74, 6) is -5.09. The number of carbonyl (C=O) groups excluding carboxylic acids is 2. The lowest BCUT2D eigenvalue weighted by atomic mass is 10.0. The van der Waals surface area contributed by atoms with Crippen LogP contribution < -0.4 is 15.5 Å². The summed E-state index contributed by atoms with van der Waals surface area (Å²) >= 11 is 12.4. The smallest absolute Gasteiger partial charge is 0.266 e. The second-order valence-corrected chi connectivity index (χ2v) is 9.07. The molecule has 0 aromatic heterocycles. The van der Waals surface area contributed by atoms with Crippen molar-refractivity contribution in [2.45, 2.75) is 12.3 Å². The minimum atomic E-state index is -2.91. The Morgan fingerprint density at radius 3 is 2.43 bits per heavy atom. The first-order valence-corrected chi connectivity index (χ1v) is 11.3. The highest BCUT2D eigenvalue weighted by Gasteiger charge is 2.39. The van der Waals surface area contributed by atoms with Gasteiger partial charge in [-0.2, -0.15) is 0 Å². The summed E-state index contributed by atoms with van der Waals surface area (Å²) in [7, 11) is 1.42. The van der Waals surface area contributed by atoms with E-state index >= 15 is 0 Å². The number of hydrogen-bond donors (Lipinski definition) is 1. The molecule has 1 saturated heterocycles. The minimum absolute atomic E-state index is 0.0427. The van der Waals surface area contributed by atoms with Gasteiger partial charge in [-0.1, -0.05) is 35.3 Å². The van der Waals surface area contributed by atoms with Gasteiger partial charge in [0.15, 0.2) is 0 Å². The SMILES string of the molecule is CN(C(=O)c1c(F)cccc1Cl)c1ccc(-c2cc(C(N)=O)ccc2Cl)cc1N1CCC(F)(F)C1. The number of hydrogen-bond acceptors (Lipinski definition) is 3. The van der Waals surface area contributed by atoms with E-state index < -0.39 is 30.1 Å². The Kier molecular flexibility index (Phi) is 6.71. The lowest BCUT2D eigenvalue weighted by Gasteiger charge is -2.28. The lowest BCUT2D eigenvalue weighted by molar-refractivity contribution is 0.0257. The number of nitrogens with two attached hydrogens (primary N) is 1. The summed E-state index contributed by atoms with van der Waals surface area (Å²) in [5, 5.41) is 0.255. The molecule has 0 aliphatic carbocycles. The van der Waals surface area contributed by atoms with Crippen LogP contribution >= 0.6 is 23.2 Å². The van der Waals surface area contributed by atoms with E-state index in [9.17, 15) is 22.8 Å². The van der Waals surface area contributed by atoms with Gasteiger partial charge < -0.3 is 15.5 Å². The molecule has 0 saturated carbocycles. The van der Waals surface area contributed by atoms with Crippen LogP contribution in [0.15, 0.2) is 54.6 Å². The first-order valence-electron chi connectivity index (χ1n) is 10.6. The maximum absolute atomic E-state index is 14.4. The number of primary amides is 1. The van der Waals surface area contributed by atoms with E-state index in [1.54, 1.807) is 18.2 Å². The maximum Gasteiger partial charge on any atom is 0.266 e. The molecule has 4 rings (SSSR count). The normalized spacial score (nSPS) is 14.7. The van der Waals surface area contributed by atoms with Crippen molar-refractivity contribution in [1.82, 2.24) is 0 Å². The van der Waals surface area contributed by atoms with Crippen molar-refractivity contribution in [3.63, 3.8) is 0 Å². The molecular weight excluding hydrogens is 502 g/mol. The summed E-state index contributed by atoms with van der Waals surface area (Å²) < 4.78 is 42.6. The molecule has 0 unspecified atom stereocenters. The molecule has 0 bridgehead atoms. The Morgan fingerprint density at radius 2 is 1.80 bits per heavy atom. The van der Waals surface area contributed by atoms with Gasteiger partial charge in [0.2, 0.25) is 5.91 Å². The van der Waals surface area contributed by atoms with Crippen molar-refractivity contribution in [3.05, 3.63) is 81.6 Å². The lowest BCUT2D eigenvalue weighted by Crippen LogP contribution is -2.31. The van der Waals surface area contributed by atoms with Crippen LogP contribution in [0.2, 0.25) is 10.0 Å². The Morgan fingerprint density at radius 1 is 1.06 bits per heavy atom. The molecule has 5 nitrogen and oxygen atoms in total. The van der Waals surface area contributed by atoms with Gasteiger partial charge in [-0.25, -0.2) is 13.2 Å². The molecule has 0 spiro atoms. The van der Waals surface area contributed by atoms with Crippen LogP contribution in [-0.4, -0.2) is 37.9 Å². The Labute approximate surface area is 209 Å². The second kappa shape index (κ2) is 9.43. The summed E-state index contributed by atoms with van der Waals surface area (Å²) in [6.07, 6.45) is -0.356. The van der Waals surface area contributed by atoms with Gasteiger partial charge in [-0.3, -0.25) is 9.59 Å². The third-order valence-corrected chi connectivity index (χ3v) is 6.53. The molecule has 1 heterocycles. The molecule has 2 amide bonds. The van der Waals surface area contributed by atoms with Crippen molar-refractivity contribution in [1.29, 1.82) is 0 Å². The fourth-order valence-corrected chi connectivity index (χ4v) is 4.52. The molecule has 1 aliphatic heterocycles. The van der Waals surface area contributed by atoms with Crippen molar-refractivity contribution in [3.8, 4) is 11.1 Å². The predicted molar refractivity (Wildman–Crippen MR) is 131 cm³/mol. The van der Waals surface area contributed by atoms with E-state index in [0.717, 1.165) is 6.07 Å². The number of carbonyl (C=O) groups is 2. The number of rotatable bonds is 5. The molecule has 35 heavy (non-hydrogen) atoms. The van der Waals surface area contributed by atoms with Gasteiger partial charge in [0.25, 0.3) is 11.8 Å². The largest absolute Gasteiger partial charge is 0.366 e. The van der Waals surface area contributed by atoms with Gasteiger partial charge in [-0.05, 0) is 48.0 Å². The molecule has 1 aliphatic rings. The van der Waals surface area contributed by atoms with Gasteiger partial charge in [0.05, 0.1) is 28.5 Å². The first-order chi connectivity index (χ1) is 16.5. The van der Waals surface area contributed by atoms with Crippen LogP contribution in [0.25, 0.3) is 11.1 Å². The highest BCUT2D eigenvalue weighted by molar-refractivity contribution is 6.35. The van der Waals surface area contributed by atoms with E-state index in [4.69, 9.17) is 28.9 Å². The van der Waals surface area contributed by atoms with Crippen LogP contribution in [0, 0.1) is 5.82 Å². The number of benzene rings is 3. The highest BCUT2D eigenvalue weighted by Crippen LogP contribution is 2.41. The zero-order valence-corrected chi connectivity index (χ0v) is 20.0. The Hall–Kier alpha value is -3.23. The molecule has 1 fully saturated rings. The number of alkyl halides is 2. The molecule has 3 aromatic carbocycles. The monoisotopic (exact) mass is 521 g/mol. The molecule has 0 radical (unpaired) electrons.